The second-order valence-electron chi connectivity index (χ2n) is 6.56. The summed E-state index contributed by atoms with van der Waals surface area (Å²) in [6.07, 6.45) is 0. The lowest BCUT2D eigenvalue weighted by molar-refractivity contribution is -0.385. The number of ether oxygens (including phenoxy) is 2. The van der Waals surface area contributed by atoms with Crippen molar-refractivity contribution in [1.29, 1.82) is 0 Å². The molecule has 0 aliphatic rings. The number of amides is 2. The van der Waals surface area contributed by atoms with Crippen LogP contribution >= 0.6 is 11.6 Å². The van der Waals surface area contributed by atoms with Gasteiger partial charge >= 0.3 is 5.69 Å². The Morgan fingerprint density at radius 1 is 1.00 bits per heavy atom. The first-order chi connectivity index (χ1) is 15.7. The largest absolute Gasteiger partial charge is 0.493 e. The molecule has 3 aromatic rings. The molecular weight excluding hydrogens is 457 g/mol. The maximum atomic E-state index is 13.8. The predicted octanol–water partition coefficient (Wildman–Crippen LogP) is 4.80. The molecule has 11 heteroatoms. The van der Waals surface area contributed by atoms with Gasteiger partial charge in [0.05, 0.1) is 17.6 Å². The van der Waals surface area contributed by atoms with Gasteiger partial charge in [0.2, 0.25) is 5.75 Å². The number of methoxy groups -OCH3 is 1. The van der Waals surface area contributed by atoms with Crippen LogP contribution in [0.15, 0.2) is 54.6 Å². The normalized spacial score (nSPS) is 10.3. The van der Waals surface area contributed by atoms with Gasteiger partial charge in [-0.1, -0.05) is 11.6 Å². The lowest BCUT2D eigenvalue weighted by Gasteiger charge is -2.13. The van der Waals surface area contributed by atoms with Crippen LogP contribution in [0.25, 0.3) is 0 Å². The van der Waals surface area contributed by atoms with Crippen LogP contribution < -0.4 is 20.1 Å². The average molecular weight is 474 g/mol. The van der Waals surface area contributed by atoms with Crippen molar-refractivity contribution in [2.24, 2.45) is 0 Å². The van der Waals surface area contributed by atoms with Crippen molar-refractivity contribution >= 4 is 34.8 Å². The fourth-order valence-corrected chi connectivity index (χ4v) is 3.01. The van der Waals surface area contributed by atoms with E-state index in [1.54, 1.807) is 0 Å². The highest BCUT2D eigenvalue weighted by atomic mass is 35.5. The highest BCUT2D eigenvalue weighted by Crippen LogP contribution is 2.38. The third kappa shape index (κ3) is 5.36. The molecule has 9 nitrogen and oxygen atoms in total. The van der Waals surface area contributed by atoms with Gasteiger partial charge in [-0.05, 0) is 48.5 Å². The van der Waals surface area contributed by atoms with Gasteiger partial charge in [0.1, 0.15) is 5.82 Å². The topological polar surface area (TPSA) is 120 Å². The van der Waals surface area contributed by atoms with Crippen molar-refractivity contribution in [1.82, 2.24) is 5.32 Å². The molecule has 33 heavy (non-hydrogen) atoms. The first-order valence-electron chi connectivity index (χ1n) is 9.36. The molecule has 0 unspecified atom stereocenters. The number of nitro groups is 1. The standard InChI is InChI=1S/C22H17ClFN3O6/c1-25-22(29)15-11-14(5-6-16(15)24)26-21(28)12-3-7-19(20(9-12)32-2)33-18-8-4-13(23)10-17(18)27(30)31/h3-11H,1-2H3,(H,25,29)(H,26,28). The minimum Gasteiger partial charge on any atom is -0.493 e. The van der Waals surface area contributed by atoms with Crippen LogP contribution in [-0.4, -0.2) is 30.9 Å². The molecule has 0 aliphatic heterocycles. The fraction of sp³-hybridized carbons (Fsp3) is 0.0909. The van der Waals surface area contributed by atoms with Crippen molar-refractivity contribution in [3.8, 4) is 17.2 Å². The Morgan fingerprint density at radius 3 is 2.39 bits per heavy atom. The molecule has 170 valence electrons. The summed E-state index contributed by atoms with van der Waals surface area (Å²) in [5.41, 5.74) is -0.192. The van der Waals surface area contributed by atoms with Crippen LogP contribution in [0, 0.1) is 15.9 Å². The van der Waals surface area contributed by atoms with Gasteiger partial charge < -0.3 is 20.1 Å². The zero-order valence-electron chi connectivity index (χ0n) is 17.3. The molecule has 0 bridgehead atoms. The maximum Gasteiger partial charge on any atom is 0.313 e. The molecule has 0 fully saturated rings. The van der Waals surface area contributed by atoms with Crippen molar-refractivity contribution in [2.45, 2.75) is 0 Å². The molecule has 0 saturated carbocycles. The Morgan fingerprint density at radius 2 is 1.73 bits per heavy atom. The molecule has 0 atom stereocenters. The number of nitrogens with one attached hydrogen (secondary N) is 2. The van der Waals surface area contributed by atoms with Gasteiger partial charge in [-0.25, -0.2) is 4.39 Å². The number of carbonyl (C=O) groups is 2. The number of anilines is 1. The van der Waals surface area contributed by atoms with Crippen LogP contribution in [0.1, 0.15) is 20.7 Å². The van der Waals surface area contributed by atoms with Gasteiger partial charge in [0.25, 0.3) is 11.8 Å². The second-order valence-corrected chi connectivity index (χ2v) is 7.00. The quantitative estimate of drug-likeness (QED) is 0.375. The summed E-state index contributed by atoms with van der Waals surface area (Å²) < 4.78 is 24.7. The molecule has 2 N–H and O–H groups in total. The van der Waals surface area contributed by atoms with Crippen LogP contribution in [0.3, 0.4) is 0 Å². The zero-order chi connectivity index (χ0) is 24.1. The van der Waals surface area contributed by atoms with E-state index in [0.717, 1.165) is 12.1 Å². The van der Waals surface area contributed by atoms with Crippen LogP contribution in [0.5, 0.6) is 17.2 Å². The summed E-state index contributed by atoms with van der Waals surface area (Å²) in [6.45, 7) is 0. The molecule has 3 rings (SSSR count). The van der Waals surface area contributed by atoms with Crippen molar-refractivity contribution in [2.75, 3.05) is 19.5 Å². The number of hydrogen-bond acceptors (Lipinski definition) is 6. The van der Waals surface area contributed by atoms with Crippen molar-refractivity contribution in [3.05, 3.63) is 86.7 Å². The van der Waals surface area contributed by atoms with E-state index in [9.17, 15) is 24.1 Å². The first kappa shape index (κ1) is 23.5. The lowest BCUT2D eigenvalue weighted by atomic mass is 10.1. The molecule has 2 amide bonds. The first-order valence-corrected chi connectivity index (χ1v) is 9.74. The van der Waals surface area contributed by atoms with E-state index in [1.165, 1.54) is 56.6 Å². The number of nitro benzene ring substituents is 1. The van der Waals surface area contributed by atoms with Crippen LogP contribution in [0.2, 0.25) is 5.02 Å². The van der Waals surface area contributed by atoms with Crippen molar-refractivity contribution in [3.63, 3.8) is 0 Å². The molecular formula is C22H17ClFN3O6. The van der Waals surface area contributed by atoms with Gasteiger partial charge in [0, 0.05) is 29.4 Å². The Hall–Kier alpha value is -4.18. The Bertz CT molecular complexity index is 1250. The second kappa shape index (κ2) is 9.96. The summed E-state index contributed by atoms with van der Waals surface area (Å²) in [4.78, 5) is 35.1. The minimum atomic E-state index is -0.730. The van der Waals surface area contributed by atoms with E-state index < -0.39 is 22.6 Å². The van der Waals surface area contributed by atoms with E-state index in [1.807, 2.05) is 0 Å². The van der Waals surface area contributed by atoms with Gasteiger partial charge in [-0.15, -0.1) is 0 Å². The highest BCUT2D eigenvalue weighted by molar-refractivity contribution is 6.30. The summed E-state index contributed by atoms with van der Waals surface area (Å²) >= 11 is 5.82. The number of halogens is 2. The maximum absolute atomic E-state index is 13.8. The lowest BCUT2D eigenvalue weighted by Crippen LogP contribution is -2.20. The summed E-state index contributed by atoms with van der Waals surface area (Å²) in [5.74, 6) is -1.73. The SMILES string of the molecule is CNC(=O)c1cc(NC(=O)c2ccc(Oc3ccc(Cl)cc3[N+](=O)[O-])c(OC)c2)ccc1F. The fourth-order valence-electron chi connectivity index (χ4n) is 2.85. The highest BCUT2D eigenvalue weighted by Gasteiger charge is 2.19. The zero-order valence-corrected chi connectivity index (χ0v) is 18.1. The van der Waals surface area contributed by atoms with E-state index in [-0.39, 0.29) is 44.8 Å². The molecule has 0 radical (unpaired) electrons. The molecule has 0 saturated heterocycles. The molecule has 0 aromatic heterocycles. The van der Waals surface area contributed by atoms with Crippen LogP contribution in [0.4, 0.5) is 15.8 Å². The minimum absolute atomic E-state index is 0.0621. The third-order valence-corrected chi connectivity index (χ3v) is 4.69. The van der Waals surface area contributed by atoms with Gasteiger partial charge in [-0.3, -0.25) is 19.7 Å². The average Bonchev–Trinajstić information content (AvgIpc) is 2.80. The summed E-state index contributed by atoms with van der Waals surface area (Å²) in [6, 6.07) is 11.7. The van der Waals surface area contributed by atoms with E-state index in [4.69, 9.17) is 21.1 Å². The Balaban J connectivity index is 1.85. The number of carbonyl (C=O) groups excluding carboxylic acids is 2. The van der Waals surface area contributed by atoms with Crippen molar-refractivity contribution < 1.29 is 28.4 Å². The van der Waals surface area contributed by atoms with E-state index in [0.29, 0.717) is 0 Å². The Kier molecular flexibility index (Phi) is 7.09. The smallest absolute Gasteiger partial charge is 0.313 e. The molecule has 0 spiro atoms. The van der Waals surface area contributed by atoms with E-state index in [2.05, 4.69) is 10.6 Å². The molecule has 0 heterocycles. The molecule has 0 aliphatic carbocycles. The van der Waals surface area contributed by atoms with E-state index >= 15 is 0 Å². The summed E-state index contributed by atoms with van der Waals surface area (Å²) in [5, 5.41) is 16.3. The number of hydrogen-bond donors (Lipinski definition) is 2. The molecule has 3 aromatic carbocycles. The number of rotatable bonds is 7. The summed E-state index contributed by atoms with van der Waals surface area (Å²) in [7, 11) is 2.71. The Labute approximate surface area is 192 Å². The van der Waals surface area contributed by atoms with Gasteiger partial charge in [-0.2, -0.15) is 0 Å². The predicted molar refractivity (Wildman–Crippen MR) is 119 cm³/mol. The number of benzene rings is 3. The number of nitrogens with zero attached hydrogens (tertiary/aromatic N) is 1. The monoisotopic (exact) mass is 473 g/mol. The van der Waals surface area contributed by atoms with Crippen LogP contribution in [-0.2, 0) is 0 Å². The van der Waals surface area contributed by atoms with Gasteiger partial charge in [0.15, 0.2) is 11.5 Å². The third-order valence-electron chi connectivity index (χ3n) is 4.46.